The minimum absolute atomic E-state index is 0.684. The van der Waals surface area contributed by atoms with Gasteiger partial charge in [0.25, 0.3) is 0 Å². The van der Waals surface area contributed by atoms with Crippen LogP contribution in [0.3, 0.4) is 0 Å². The molecule has 0 aliphatic heterocycles. The lowest BCUT2D eigenvalue weighted by atomic mass is 10.1. The van der Waals surface area contributed by atoms with Crippen LogP contribution in [0, 0.1) is 0 Å². The van der Waals surface area contributed by atoms with Gasteiger partial charge in [-0.2, -0.15) is 0 Å². The molecule has 0 bridgehead atoms. The van der Waals surface area contributed by atoms with E-state index < -0.39 is 0 Å². The summed E-state index contributed by atoms with van der Waals surface area (Å²) in [5.41, 5.74) is 0. The SMILES string of the molecule is C=CCCCCCCCCCN(C(C)C)C(C)C. The smallest absolute Gasteiger partial charge is 0.00412 e. The Hall–Kier alpha value is -0.300. The average molecular weight is 253 g/mol. The lowest BCUT2D eigenvalue weighted by Crippen LogP contribution is -2.37. The van der Waals surface area contributed by atoms with Crippen LogP contribution in [0.15, 0.2) is 12.7 Å². The zero-order valence-corrected chi connectivity index (χ0v) is 13.3. The van der Waals surface area contributed by atoms with Gasteiger partial charge in [-0.25, -0.2) is 0 Å². The van der Waals surface area contributed by atoms with Gasteiger partial charge in [0.05, 0.1) is 0 Å². The average Bonchev–Trinajstić information content (AvgIpc) is 2.30. The number of rotatable bonds is 12. The molecule has 0 aromatic carbocycles. The fourth-order valence-corrected chi connectivity index (χ4v) is 2.58. The number of hydrogen-bond donors (Lipinski definition) is 0. The Morgan fingerprint density at radius 1 is 0.778 bits per heavy atom. The third-order valence-electron chi connectivity index (χ3n) is 3.65. The normalized spacial score (nSPS) is 11.7. The molecule has 0 saturated heterocycles. The summed E-state index contributed by atoms with van der Waals surface area (Å²) in [5, 5.41) is 0. The minimum Gasteiger partial charge on any atom is -0.299 e. The van der Waals surface area contributed by atoms with Crippen molar-refractivity contribution in [3.8, 4) is 0 Å². The van der Waals surface area contributed by atoms with E-state index in [9.17, 15) is 0 Å². The Morgan fingerprint density at radius 3 is 1.67 bits per heavy atom. The maximum atomic E-state index is 3.76. The van der Waals surface area contributed by atoms with Gasteiger partial charge in [-0.05, 0) is 53.5 Å². The van der Waals surface area contributed by atoms with Crippen LogP contribution >= 0.6 is 0 Å². The number of nitrogens with zero attached hydrogens (tertiary/aromatic N) is 1. The van der Waals surface area contributed by atoms with Crippen LogP contribution in [0.1, 0.15) is 79.1 Å². The largest absolute Gasteiger partial charge is 0.299 e. The van der Waals surface area contributed by atoms with Gasteiger partial charge in [0.1, 0.15) is 0 Å². The maximum Gasteiger partial charge on any atom is 0.00412 e. The number of hydrogen-bond acceptors (Lipinski definition) is 1. The van der Waals surface area contributed by atoms with Gasteiger partial charge in [0.15, 0.2) is 0 Å². The molecule has 0 radical (unpaired) electrons. The zero-order valence-electron chi connectivity index (χ0n) is 13.3. The highest BCUT2D eigenvalue weighted by Gasteiger charge is 2.11. The van der Waals surface area contributed by atoms with Crippen molar-refractivity contribution < 1.29 is 0 Å². The van der Waals surface area contributed by atoms with Crippen LogP contribution in [-0.4, -0.2) is 23.5 Å². The van der Waals surface area contributed by atoms with Gasteiger partial charge in [0, 0.05) is 12.1 Å². The van der Waals surface area contributed by atoms with E-state index in [-0.39, 0.29) is 0 Å². The first-order chi connectivity index (χ1) is 8.59. The van der Waals surface area contributed by atoms with Crippen LogP contribution in [0.25, 0.3) is 0 Å². The van der Waals surface area contributed by atoms with Crippen molar-refractivity contribution in [1.82, 2.24) is 4.90 Å². The first kappa shape index (κ1) is 17.7. The summed E-state index contributed by atoms with van der Waals surface area (Å²) in [5.74, 6) is 0. The standard InChI is InChI=1S/C17H35N/c1-6-7-8-9-10-11-12-13-14-15-18(16(2)3)17(4)5/h6,16-17H,1,7-15H2,2-5H3. The van der Waals surface area contributed by atoms with Crippen LogP contribution in [0.4, 0.5) is 0 Å². The Bertz CT molecular complexity index is 176. The molecule has 0 aliphatic carbocycles. The van der Waals surface area contributed by atoms with Gasteiger partial charge in [-0.3, -0.25) is 4.90 Å². The molecule has 0 unspecified atom stereocenters. The van der Waals surface area contributed by atoms with E-state index in [0.29, 0.717) is 12.1 Å². The molecule has 0 fully saturated rings. The van der Waals surface area contributed by atoms with Gasteiger partial charge >= 0.3 is 0 Å². The lowest BCUT2D eigenvalue weighted by Gasteiger charge is -2.30. The fourth-order valence-electron chi connectivity index (χ4n) is 2.58. The Kier molecular flexibility index (Phi) is 11.6. The molecule has 18 heavy (non-hydrogen) atoms. The molecule has 108 valence electrons. The van der Waals surface area contributed by atoms with E-state index in [1.165, 1.54) is 57.9 Å². The summed E-state index contributed by atoms with van der Waals surface area (Å²) in [6.45, 7) is 14.2. The second kappa shape index (κ2) is 11.8. The molecule has 0 amide bonds. The molecule has 0 rings (SSSR count). The molecular formula is C17H35N. The molecule has 0 spiro atoms. The van der Waals surface area contributed by atoms with Crippen LogP contribution < -0.4 is 0 Å². The molecule has 1 heteroatoms. The highest BCUT2D eigenvalue weighted by atomic mass is 15.2. The molecular weight excluding hydrogens is 218 g/mol. The van der Waals surface area contributed by atoms with Crippen molar-refractivity contribution in [3.63, 3.8) is 0 Å². The van der Waals surface area contributed by atoms with E-state index >= 15 is 0 Å². The van der Waals surface area contributed by atoms with Crippen molar-refractivity contribution >= 4 is 0 Å². The summed E-state index contributed by atoms with van der Waals surface area (Å²) < 4.78 is 0. The van der Waals surface area contributed by atoms with Gasteiger partial charge < -0.3 is 0 Å². The van der Waals surface area contributed by atoms with Crippen LogP contribution in [0.2, 0.25) is 0 Å². The fraction of sp³-hybridized carbons (Fsp3) is 0.882. The third-order valence-corrected chi connectivity index (χ3v) is 3.65. The zero-order chi connectivity index (χ0) is 13.8. The highest BCUT2D eigenvalue weighted by Crippen LogP contribution is 2.11. The summed E-state index contributed by atoms with van der Waals surface area (Å²) in [6.07, 6.45) is 12.9. The topological polar surface area (TPSA) is 3.24 Å². The summed E-state index contributed by atoms with van der Waals surface area (Å²) in [6, 6.07) is 1.37. The van der Waals surface area contributed by atoms with Crippen LogP contribution in [-0.2, 0) is 0 Å². The molecule has 0 saturated carbocycles. The quantitative estimate of drug-likeness (QED) is 0.332. The van der Waals surface area contributed by atoms with Gasteiger partial charge in [0.2, 0.25) is 0 Å². The minimum atomic E-state index is 0.684. The van der Waals surface area contributed by atoms with E-state index in [0.717, 1.165) is 0 Å². The van der Waals surface area contributed by atoms with E-state index in [1.54, 1.807) is 0 Å². The third kappa shape index (κ3) is 9.70. The van der Waals surface area contributed by atoms with E-state index in [1.807, 2.05) is 6.08 Å². The molecule has 0 aromatic heterocycles. The van der Waals surface area contributed by atoms with Crippen molar-refractivity contribution in [2.24, 2.45) is 0 Å². The van der Waals surface area contributed by atoms with Crippen molar-refractivity contribution in [2.75, 3.05) is 6.54 Å². The monoisotopic (exact) mass is 253 g/mol. The summed E-state index contributed by atoms with van der Waals surface area (Å²) in [7, 11) is 0. The van der Waals surface area contributed by atoms with E-state index in [4.69, 9.17) is 0 Å². The van der Waals surface area contributed by atoms with Crippen molar-refractivity contribution in [1.29, 1.82) is 0 Å². The molecule has 0 aromatic rings. The molecule has 0 atom stereocenters. The van der Waals surface area contributed by atoms with Gasteiger partial charge in [-0.1, -0.05) is 38.2 Å². The summed E-state index contributed by atoms with van der Waals surface area (Å²) in [4.78, 5) is 2.60. The summed E-state index contributed by atoms with van der Waals surface area (Å²) >= 11 is 0. The number of unbranched alkanes of at least 4 members (excludes halogenated alkanes) is 7. The Labute approximate surface area is 116 Å². The first-order valence-electron chi connectivity index (χ1n) is 7.96. The highest BCUT2D eigenvalue weighted by molar-refractivity contribution is 4.67. The molecule has 0 N–H and O–H groups in total. The number of allylic oxidation sites excluding steroid dienone is 1. The Balaban J connectivity index is 3.35. The first-order valence-corrected chi connectivity index (χ1v) is 7.96. The maximum absolute atomic E-state index is 3.76. The van der Waals surface area contributed by atoms with E-state index in [2.05, 4.69) is 39.2 Å². The predicted octanol–water partition coefficient (Wildman–Crippen LogP) is 5.41. The molecule has 0 aliphatic rings. The van der Waals surface area contributed by atoms with Crippen LogP contribution in [0.5, 0.6) is 0 Å². The second-order valence-corrected chi connectivity index (χ2v) is 5.98. The van der Waals surface area contributed by atoms with Gasteiger partial charge in [-0.15, -0.1) is 6.58 Å². The van der Waals surface area contributed by atoms with Crippen molar-refractivity contribution in [2.45, 2.75) is 91.1 Å². The van der Waals surface area contributed by atoms with Crippen molar-refractivity contribution in [3.05, 3.63) is 12.7 Å². The molecule has 1 nitrogen and oxygen atoms in total. The second-order valence-electron chi connectivity index (χ2n) is 5.98. The predicted molar refractivity (Wildman–Crippen MR) is 84.1 cm³/mol. The molecule has 0 heterocycles. The lowest BCUT2D eigenvalue weighted by molar-refractivity contribution is 0.171. The Morgan fingerprint density at radius 2 is 1.22 bits per heavy atom.